The Hall–Kier alpha value is -0.450. The molecular weight excluding hydrogens is 256 g/mol. The third-order valence-electron chi connectivity index (χ3n) is 2.10. The molecular formula is C11H17BrN2O. The highest BCUT2D eigenvalue weighted by atomic mass is 79.9. The molecule has 0 aliphatic heterocycles. The Kier molecular flexibility index (Phi) is 5.83. The van der Waals surface area contributed by atoms with Crippen molar-refractivity contribution in [1.29, 1.82) is 0 Å². The van der Waals surface area contributed by atoms with Crippen LogP contribution in [0.1, 0.15) is 12.0 Å². The minimum absolute atomic E-state index is 0.821. The van der Waals surface area contributed by atoms with Crippen LogP contribution in [0.3, 0.4) is 0 Å². The summed E-state index contributed by atoms with van der Waals surface area (Å²) in [5, 5.41) is 0. The summed E-state index contributed by atoms with van der Waals surface area (Å²) in [5.41, 5.74) is 1.23. The second kappa shape index (κ2) is 6.93. The molecule has 1 rings (SSSR count). The molecule has 3 nitrogen and oxygen atoms in total. The number of aromatic nitrogens is 1. The van der Waals surface area contributed by atoms with Gasteiger partial charge in [-0.2, -0.15) is 0 Å². The zero-order chi connectivity index (χ0) is 11.1. The number of ether oxygens (including phenoxy) is 1. The molecule has 0 aliphatic rings. The summed E-state index contributed by atoms with van der Waals surface area (Å²) in [6.07, 6.45) is 4.76. The highest BCUT2D eigenvalue weighted by Crippen LogP contribution is 2.10. The van der Waals surface area contributed by atoms with Gasteiger partial charge in [0, 0.05) is 43.7 Å². The fraction of sp³-hybridized carbons (Fsp3) is 0.545. The average molecular weight is 273 g/mol. The van der Waals surface area contributed by atoms with Gasteiger partial charge in [-0.1, -0.05) is 0 Å². The molecule has 0 radical (unpaired) electrons. The van der Waals surface area contributed by atoms with E-state index in [1.165, 1.54) is 5.56 Å². The summed E-state index contributed by atoms with van der Waals surface area (Å²) < 4.78 is 6.05. The minimum Gasteiger partial charge on any atom is -0.385 e. The van der Waals surface area contributed by atoms with E-state index in [0.717, 1.165) is 30.6 Å². The maximum absolute atomic E-state index is 5.02. The molecule has 0 aliphatic carbocycles. The second-order valence-electron chi connectivity index (χ2n) is 3.60. The smallest absolute Gasteiger partial charge is 0.0474 e. The zero-order valence-corrected chi connectivity index (χ0v) is 10.8. The molecule has 0 atom stereocenters. The highest BCUT2D eigenvalue weighted by Gasteiger charge is 2.00. The molecule has 0 bridgehead atoms. The van der Waals surface area contributed by atoms with Crippen molar-refractivity contribution in [3.63, 3.8) is 0 Å². The van der Waals surface area contributed by atoms with Crippen LogP contribution in [-0.2, 0) is 11.3 Å². The van der Waals surface area contributed by atoms with Crippen molar-refractivity contribution in [2.75, 3.05) is 27.3 Å². The van der Waals surface area contributed by atoms with Gasteiger partial charge < -0.3 is 9.64 Å². The molecule has 0 saturated heterocycles. The minimum atomic E-state index is 0.821. The van der Waals surface area contributed by atoms with Gasteiger partial charge in [0.2, 0.25) is 0 Å². The van der Waals surface area contributed by atoms with Crippen LogP contribution >= 0.6 is 15.9 Å². The van der Waals surface area contributed by atoms with Crippen LogP contribution in [0.5, 0.6) is 0 Å². The Bertz CT molecular complexity index is 294. The molecule has 0 N–H and O–H groups in total. The Balaban J connectivity index is 2.34. The number of nitrogens with zero attached hydrogens (tertiary/aromatic N) is 2. The molecule has 1 aromatic rings. The van der Waals surface area contributed by atoms with Crippen LogP contribution in [0, 0.1) is 0 Å². The summed E-state index contributed by atoms with van der Waals surface area (Å²) >= 11 is 3.41. The van der Waals surface area contributed by atoms with Crippen molar-refractivity contribution >= 4 is 15.9 Å². The lowest BCUT2D eigenvalue weighted by Crippen LogP contribution is -2.20. The Morgan fingerprint density at radius 2 is 2.27 bits per heavy atom. The van der Waals surface area contributed by atoms with Crippen molar-refractivity contribution in [1.82, 2.24) is 9.88 Å². The fourth-order valence-electron chi connectivity index (χ4n) is 1.41. The van der Waals surface area contributed by atoms with E-state index in [1.54, 1.807) is 13.3 Å². The standard InChI is InChI=1S/C11H17BrN2O/c1-14(4-3-5-15-2)9-10-6-11(12)8-13-7-10/h6-8H,3-5,9H2,1-2H3. The topological polar surface area (TPSA) is 25.4 Å². The number of hydrogen-bond donors (Lipinski definition) is 0. The summed E-state index contributed by atoms with van der Waals surface area (Å²) in [6, 6.07) is 2.10. The van der Waals surface area contributed by atoms with Gasteiger partial charge in [0.15, 0.2) is 0 Å². The number of rotatable bonds is 6. The molecule has 1 aromatic heterocycles. The third-order valence-corrected chi connectivity index (χ3v) is 2.54. The van der Waals surface area contributed by atoms with E-state index in [-0.39, 0.29) is 0 Å². The van der Waals surface area contributed by atoms with Crippen LogP contribution in [0.4, 0.5) is 0 Å². The lowest BCUT2D eigenvalue weighted by Gasteiger charge is -2.16. The molecule has 0 unspecified atom stereocenters. The normalized spacial score (nSPS) is 10.9. The fourth-order valence-corrected chi connectivity index (χ4v) is 1.82. The van der Waals surface area contributed by atoms with Crippen LogP contribution in [0.2, 0.25) is 0 Å². The van der Waals surface area contributed by atoms with Crippen molar-refractivity contribution in [2.24, 2.45) is 0 Å². The Labute approximate surface area is 99.6 Å². The lowest BCUT2D eigenvalue weighted by atomic mass is 10.2. The first-order valence-electron chi connectivity index (χ1n) is 4.99. The average Bonchev–Trinajstić information content (AvgIpc) is 2.18. The second-order valence-corrected chi connectivity index (χ2v) is 4.51. The molecule has 4 heteroatoms. The van der Waals surface area contributed by atoms with Gasteiger partial charge in [-0.25, -0.2) is 0 Å². The van der Waals surface area contributed by atoms with Crippen LogP contribution in [-0.4, -0.2) is 37.2 Å². The molecule has 0 spiro atoms. The molecule has 0 aromatic carbocycles. The molecule has 0 amide bonds. The first-order chi connectivity index (χ1) is 7.22. The van der Waals surface area contributed by atoms with Crippen molar-refractivity contribution in [2.45, 2.75) is 13.0 Å². The van der Waals surface area contributed by atoms with Crippen LogP contribution in [0.25, 0.3) is 0 Å². The van der Waals surface area contributed by atoms with E-state index >= 15 is 0 Å². The first kappa shape index (κ1) is 12.6. The molecule has 15 heavy (non-hydrogen) atoms. The predicted molar refractivity (Wildman–Crippen MR) is 64.8 cm³/mol. The molecule has 84 valence electrons. The van der Waals surface area contributed by atoms with Crippen molar-refractivity contribution in [3.05, 3.63) is 28.5 Å². The molecule has 0 fully saturated rings. The van der Waals surface area contributed by atoms with Gasteiger partial charge in [0.05, 0.1) is 0 Å². The summed E-state index contributed by atoms with van der Waals surface area (Å²) in [5.74, 6) is 0. The number of halogens is 1. The largest absolute Gasteiger partial charge is 0.385 e. The number of methoxy groups -OCH3 is 1. The highest BCUT2D eigenvalue weighted by molar-refractivity contribution is 9.10. The van der Waals surface area contributed by atoms with E-state index in [2.05, 4.69) is 38.9 Å². The van der Waals surface area contributed by atoms with E-state index in [1.807, 2.05) is 6.20 Å². The SMILES string of the molecule is COCCCN(C)Cc1cncc(Br)c1. The Morgan fingerprint density at radius 3 is 2.93 bits per heavy atom. The lowest BCUT2D eigenvalue weighted by molar-refractivity contribution is 0.178. The maximum atomic E-state index is 5.02. The number of pyridine rings is 1. The van der Waals surface area contributed by atoms with Gasteiger partial charge >= 0.3 is 0 Å². The van der Waals surface area contributed by atoms with Gasteiger partial charge in [0.25, 0.3) is 0 Å². The third kappa shape index (κ3) is 5.25. The molecule has 0 saturated carbocycles. The maximum Gasteiger partial charge on any atom is 0.0474 e. The Morgan fingerprint density at radius 1 is 1.47 bits per heavy atom. The van der Waals surface area contributed by atoms with E-state index in [4.69, 9.17) is 4.74 Å². The summed E-state index contributed by atoms with van der Waals surface area (Å²) in [4.78, 5) is 6.40. The van der Waals surface area contributed by atoms with Gasteiger partial charge in [0.1, 0.15) is 0 Å². The predicted octanol–water partition coefficient (Wildman–Crippen LogP) is 2.31. The van der Waals surface area contributed by atoms with Crippen LogP contribution in [0.15, 0.2) is 22.9 Å². The zero-order valence-electron chi connectivity index (χ0n) is 9.24. The summed E-state index contributed by atoms with van der Waals surface area (Å²) in [6.45, 7) is 2.79. The van der Waals surface area contributed by atoms with E-state index < -0.39 is 0 Å². The van der Waals surface area contributed by atoms with Crippen molar-refractivity contribution < 1.29 is 4.74 Å². The van der Waals surface area contributed by atoms with E-state index in [0.29, 0.717) is 0 Å². The van der Waals surface area contributed by atoms with Crippen molar-refractivity contribution in [3.8, 4) is 0 Å². The van der Waals surface area contributed by atoms with Gasteiger partial charge in [-0.05, 0) is 41.0 Å². The quantitative estimate of drug-likeness (QED) is 0.744. The van der Waals surface area contributed by atoms with E-state index in [9.17, 15) is 0 Å². The van der Waals surface area contributed by atoms with Crippen LogP contribution < -0.4 is 0 Å². The summed E-state index contributed by atoms with van der Waals surface area (Å²) in [7, 11) is 3.84. The van der Waals surface area contributed by atoms with Gasteiger partial charge in [-0.15, -0.1) is 0 Å². The number of hydrogen-bond acceptors (Lipinski definition) is 3. The monoisotopic (exact) mass is 272 g/mol. The van der Waals surface area contributed by atoms with Gasteiger partial charge in [-0.3, -0.25) is 4.98 Å². The molecule has 1 heterocycles. The first-order valence-corrected chi connectivity index (χ1v) is 5.78.